The lowest BCUT2D eigenvalue weighted by Gasteiger charge is -1.95. The van der Waals surface area contributed by atoms with Crippen LogP contribution in [-0.2, 0) is 0 Å². The molecule has 1 aliphatic rings. The van der Waals surface area contributed by atoms with Gasteiger partial charge in [0.05, 0.1) is 5.70 Å². The van der Waals surface area contributed by atoms with Crippen molar-refractivity contribution >= 4 is 0 Å². The van der Waals surface area contributed by atoms with Crippen molar-refractivity contribution in [2.24, 2.45) is 0 Å². The van der Waals surface area contributed by atoms with Crippen LogP contribution in [0.1, 0.15) is 0 Å². The molecule has 0 unspecified atom stereocenters. The van der Waals surface area contributed by atoms with Gasteiger partial charge in [-0.1, -0.05) is 31.4 Å². The maximum Gasteiger partial charge on any atom is 0.0642 e. The molecule has 1 rings (SSSR count). The summed E-state index contributed by atoms with van der Waals surface area (Å²) in [5.74, 6) is 0. The fourth-order valence-corrected chi connectivity index (χ4v) is 0.818. The summed E-state index contributed by atoms with van der Waals surface area (Å²) in [5.41, 5.74) is 2.37. The van der Waals surface area contributed by atoms with Gasteiger partial charge in [0.25, 0.3) is 0 Å². The molecule has 52 valence electrons. The Morgan fingerprint density at radius 3 is 2.50 bits per heavy atom. The molecule has 1 nitrogen and oxygen atoms in total. The van der Waals surface area contributed by atoms with Crippen molar-refractivity contribution in [3.8, 4) is 0 Å². The molecule has 10 heavy (non-hydrogen) atoms. The molecule has 0 aromatic carbocycles. The number of hydrogen-bond donors (Lipinski definition) is 0. The highest BCUT2D eigenvalue weighted by molar-refractivity contribution is 5.46. The van der Waals surface area contributed by atoms with Gasteiger partial charge in [-0.05, 0) is 5.57 Å². The Morgan fingerprint density at radius 2 is 2.20 bits per heavy atom. The van der Waals surface area contributed by atoms with Crippen LogP contribution < -0.4 is 0 Å². The van der Waals surface area contributed by atoms with Gasteiger partial charge in [0.15, 0.2) is 0 Å². The Balaban J connectivity index is 2.67. The molecule has 1 heteroatoms. The monoisotopic (exact) mass is 133 g/mol. The lowest BCUT2D eigenvalue weighted by Crippen LogP contribution is -1.88. The number of allylic oxidation sites excluding steroid dienone is 3. The van der Waals surface area contributed by atoms with Crippen LogP contribution in [0.2, 0.25) is 0 Å². The molecule has 0 saturated heterocycles. The van der Waals surface area contributed by atoms with Crippen LogP contribution in [0.4, 0.5) is 0 Å². The molecule has 0 saturated carbocycles. The van der Waals surface area contributed by atoms with E-state index in [1.54, 1.807) is 6.08 Å². The molecular formula is C9H11N. The van der Waals surface area contributed by atoms with Gasteiger partial charge >= 0.3 is 0 Å². The molecule has 1 heterocycles. The lowest BCUT2D eigenvalue weighted by molar-refractivity contribution is 0.728. The van der Waals surface area contributed by atoms with Crippen molar-refractivity contribution < 1.29 is 0 Å². The van der Waals surface area contributed by atoms with Crippen LogP contribution in [0.5, 0.6) is 0 Å². The summed E-state index contributed by atoms with van der Waals surface area (Å²) in [4.78, 5) is 2.05. The van der Waals surface area contributed by atoms with Gasteiger partial charge in [0.2, 0.25) is 0 Å². The van der Waals surface area contributed by atoms with Crippen LogP contribution >= 0.6 is 0 Å². The summed E-state index contributed by atoms with van der Waals surface area (Å²) in [7, 11) is 2.01. The molecule has 0 N–H and O–H groups in total. The quantitative estimate of drug-likeness (QED) is 0.532. The number of nitrogens with zero attached hydrogens (tertiary/aromatic N) is 1. The van der Waals surface area contributed by atoms with E-state index in [1.165, 1.54) is 5.70 Å². The molecule has 1 aliphatic heterocycles. The molecule has 0 fully saturated rings. The number of rotatable bonds is 3. The fourth-order valence-electron chi connectivity index (χ4n) is 0.818. The molecule has 0 aliphatic carbocycles. The van der Waals surface area contributed by atoms with Gasteiger partial charge in [-0.2, -0.15) is 0 Å². The Labute approximate surface area is 61.7 Å². The molecule has 0 aromatic rings. The first-order chi connectivity index (χ1) is 4.79. The number of hydrogen-bond acceptors (Lipinski definition) is 1. The topological polar surface area (TPSA) is 3.01 Å². The van der Waals surface area contributed by atoms with E-state index < -0.39 is 0 Å². The maximum atomic E-state index is 3.69. The van der Waals surface area contributed by atoms with Gasteiger partial charge in [-0.3, -0.25) is 0 Å². The average Bonchev–Trinajstić information content (AvgIpc) is 2.62. The van der Waals surface area contributed by atoms with Gasteiger partial charge < -0.3 is 4.90 Å². The summed E-state index contributed by atoms with van der Waals surface area (Å²) < 4.78 is 0. The second-order valence-electron chi connectivity index (χ2n) is 2.19. The van der Waals surface area contributed by atoms with E-state index in [-0.39, 0.29) is 0 Å². The van der Waals surface area contributed by atoms with Crippen molar-refractivity contribution in [1.82, 2.24) is 4.90 Å². The van der Waals surface area contributed by atoms with E-state index in [4.69, 9.17) is 0 Å². The SMILES string of the molecule is C=C/C=C(\C=C)C1=CN1C. The van der Waals surface area contributed by atoms with Crippen molar-refractivity contribution in [3.05, 3.63) is 48.9 Å². The van der Waals surface area contributed by atoms with Crippen LogP contribution in [0.15, 0.2) is 48.9 Å². The Hall–Kier alpha value is -1.24. The minimum atomic E-state index is 1.14. The minimum absolute atomic E-state index is 1.14. The standard InChI is InChI=1S/C9H11N/c1-4-6-8(5-2)9-7-10(9)3/h4-7H,1-2H2,3H3/b8-6+. The van der Waals surface area contributed by atoms with E-state index in [0.29, 0.717) is 0 Å². The van der Waals surface area contributed by atoms with Crippen LogP contribution in [0.3, 0.4) is 0 Å². The fraction of sp³-hybridized carbons (Fsp3) is 0.111. The Kier molecular flexibility index (Phi) is 1.76. The van der Waals surface area contributed by atoms with E-state index in [0.717, 1.165) is 5.57 Å². The van der Waals surface area contributed by atoms with Crippen molar-refractivity contribution in [3.63, 3.8) is 0 Å². The van der Waals surface area contributed by atoms with Gasteiger partial charge in [-0.25, -0.2) is 0 Å². The van der Waals surface area contributed by atoms with Crippen molar-refractivity contribution in [1.29, 1.82) is 0 Å². The largest absolute Gasteiger partial charge is 0.347 e. The molecular weight excluding hydrogens is 122 g/mol. The van der Waals surface area contributed by atoms with E-state index in [9.17, 15) is 0 Å². The highest BCUT2D eigenvalue weighted by Gasteiger charge is 2.16. The van der Waals surface area contributed by atoms with Gasteiger partial charge in [-0.15, -0.1) is 0 Å². The Bertz CT molecular complexity index is 221. The first-order valence-electron chi connectivity index (χ1n) is 3.19. The molecule has 0 bridgehead atoms. The summed E-state index contributed by atoms with van der Waals surface area (Å²) in [6, 6.07) is 0. The molecule has 0 amide bonds. The first-order valence-corrected chi connectivity index (χ1v) is 3.19. The molecule has 0 aromatic heterocycles. The lowest BCUT2D eigenvalue weighted by atomic mass is 10.2. The van der Waals surface area contributed by atoms with Crippen molar-refractivity contribution in [2.75, 3.05) is 7.05 Å². The third-order valence-corrected chi connectivity index (χ3v) is 1.44. The third kappa shape index (κ3) is 1.18. The normalized spacial score (nSPS) is 16.3. The minimum Gasteiger partial charge on any atom is -0.347 e. The molecule has 0 spiro atoms. The van der Waals surface area contributed by atoms with Crippen LogP contribution in [-0.4, -0.2) is 11.9 Å². The smallest absolute Gasteiger partial charge is 0.0642 e. The third-order valence-electron chi connectivity index (χ3n) is 1.44. The molecule has 0 radical (unpaired) electrons. The Morgan fingerprint density at radius 1 is 1.60 bits per heavy atom. The number of likely N-dealkylation sites (N-methyl/N-ethyl adjacent to an activating group) is 1. The second-order valence-corrected chi connectivity index (χ2v) is 2.19. The second kappa shape index (κ2) is 2.56. The van der Waals surface area contributed by atoms with Crippen LogP contribution in [0.25, 0.3) is 0 Å². The van der Waals surface area contributed by atoms with Gasteiger partial charge in [0, 0.05) is 13.2 Å². The molecule has 0 atom stereocenters. The van der Waals surface area contributed by atoms with E-state index in [1.807, 2.05) is 19.2 Å². The highest BCUT2D eigenvalue weighted by atomic mass is 15.2. The van der Waals surface area contributed by atoms with E-state index >= 15 is 0 Å². The summed E-state index contributed by atoms with van der Waals surface area (Å²) in [6.45, 7) is 7.31. The zero-order valence-corrected chi connectivity index (χ0v) is 6.17. The maximum absolute atomic E-state index is 3.69. The predicted molar refractivity (Wildman–Crippen MR) is 44.3 cm³/mol. The average molecular weight is 133 g/mol. The predicted octanol–water partition coefficient (Wildman–Crippen LogP) is 2.07. The van der Waals surface area contributed by atoms with Crippen LogP contribution in [0, 0.1) is 0 Å². The highest BCUT2D eigenvalue weighted by Crippen LogP contribution is 2.26. The van der Waals surface area contributed by atoms with Gasteiger partial charge in [0.1, 0.15) is 0 Å². The zero-order chi connectivity index (χ0) is 7.56. The first kappa shape index (κ1) is 6.87. The summed E-state index contributed by atoms with van der Waals surface area (Å²) >= 11 is 0. The van der Waals surface area contributed by atoms with Crippen molar-refractivity contribution in [2.45, 2.75) is 0 Å². The van der Waals surface area contributed by atoms with E-state index in [2.05, 4.69) is 24.3 Å². The summed E-state index contributed by atoms with van der Waals surface area (Å²) in [6.07, 6.45) is 7.60. The zero-order valence-electron chi connectivity index (χ0n) is 6.17. The summed E-state index contributed by atoms with van der Waals surface area (Å²) in [5, 5.41) is 0.